The third kappa shape index (κ3) is 8.64. The molecule has 1 heterocycles. The monoisotopic (exact) mass is 521 g/mol. The topological polar surface area (TPSA) is 66.8 Å². The van der Waals surface area contributed by atoms with Crippen molar-refractivity contribution in [3.05, 3.63) is 64.4 Å². The third-order valence-electron chi connectivity index (χ3n) is 6.62. The lowest BCUT2D eigenvalue weighted by Gasteiger charge is -2.19. The molecule has 0 spiro atoms. The molecule has 0 saturated carbocycles. The predicted octanol–water partition coefficient (Wildman–Crippen LogP) is 7.83. The van der Waals surface area contributed by atoms with Crippen LogP contribution in [-0.4, -0.2) is 17.1 Å². The summed E-state index contributed by atoms with van der Waals surface area (Å²) < 4.78 is 19.4. The minimum Gasteiger partial charge on any atom is -0.489 e. The van der Waals surface area contributed by atoms with E-state index in [1.54, 1.807) is 4.57 Å². The van der Waals surface area contributed by atoms with Gasteiger partial charge in [0, 0.05) is 24.9 Å². The van der Waals surface area contributed by atoms with Gasteiger partial charge in [0.1, 0.15) is 12.4 Å². The van der Waals surface area contributed by atoms with Crippen molar-refractivity contribution in [2.45, 2.75) is 98.1 Å². The van der Waals surface area contributed by atoms with E-state index in [0.717, 1.165) is 61.4 Å². The smallest absolute Gasteiger partial charge is 0.308 e. The number of carbonyl (C=O) groups is 1. The quantitative estimate of drug-likeness (QED) is 0.134. The summed E-state index contributed by atoms with van der Waals surface area (Å²) in [5.41, 5.74) is 1.46. The number of fused-ring (bicyclic) bond motifs is 1. The van der Waals surface area contributed by atoms with Gasteiger partial charge < -0.3 is 18.8 Å². The number of nitrogens with zero attached hydrogens (tertiary/aromatic N) is 1. The predicted molar refractivity (Wildman–Crippen MR) is 153 cm³/mol. The average molecular weight is 522 g/mol. The Labute approximate surface area is 226 Å². The molecule has 0 radical (unpaired) electrons. The Morgan fingerprint density at radius 3 is 2.18 bits per heavy atom. The fourth-order valence-electron chi connectivity index (χ4n) is 4.56. The van der Waals surface area contributed by atoms with Crippen LogP contribution in [-0.2, 0) is 17.9 Å². The number of benzene rings is 2. The summed E-state index contributed by atoms with van der Waals surface area (Å²) in [5.74, 6) is 0.452. The second-order valence-corrected chi connectivity index (χ2v) is 9.84. The molecular weight excluding hydrogens is 478 g/mol. The molecule has 0 bridgehead atoms. The van der Waals surface area contributed by atoms with Crippen LogP contribution in [0.5, 0.6) is 17.2 Å². The molecule has 0 aliphatic rings. The van der Waals surface area contributed by atoms with Gasteiger partial charge >= 0.3 is 5.97 Å². The molecule has 0 saturated heterocycles. The molecule has 6 nitrogen and oxygen atoms in total. The lowest BCUT2D eigenvalue weighted by atomic mass is 10.1. The first kappa shape index (κ1) is 29.3. The summed E-state index contributed by atoms with van der Waals surface area (Å²) in [4.78, 5) is 25.7. The number of aryl methyl sites for hydroxylation is 1. The van der Waals surface area contributed by atoms with Gasteiger partial charge in [-0.2, -0.15) is 0 Å². The zero-order valence-electron chi connectivity index (χ0n) is 23.3. The first-order valence-corrected chi connectivity index (χ1v) is 14.2. The van der Waals surface area contributed by atoms with Gasteiger partial charge in [-0.1, -0.05) is 95.5 Å². The van der Waals surface area contributed by atoms with E-state index in [2.05, 4.69) is 13.8 Å². The molecule has 0 N–H and O–H groups in total. The maximum Gasteiger partial charge on any atom is 0.308 e. The van der Waals surface area contributed by atoms with Crippen molar-refractivity contribution in [1.29, 1.82) is 0 Å². The van der Waals surface area contributed by atoms with E-state index in [1.807, 2.05) is 48.5 Å². The zero-order valence-corrected chi connectivity index (χ0v) is 23.3. The number of pyridine rings is 1. The highest BCUT2D eigenvalue weighted by molar-refractivity contribution is 5.90. The molecule has 0 atom stereocenters. The van der Waals surface area contributed by atoms with E-state index >= 15 is 0 Å². The molecule has 1 aromatic heterocycles. The summed E-state index contributed by atoms with van der Waals surface area (Å²) in [6.07, 6.45) is 10.8. The number of ether oxygens (including phenoxy) is 3. The van der Waals surface area contributed by atoms with Crippen molar-refractivity contribution in [3.63, 3.8) is 0 Å². The SMILES string of the molecule is CCCCCCCCn1c(=O)c(OC(C)=O)c(OCCCCCC)c2ccc(OCc3ccccc3)cc21. The minimum absolute atomic E-state index is 0.0237. The second kappa shape index (κ2) is 15.9. The van der Waals surface area contributed by atoms with Crippen molar-refractivity contribution < 1.29 is 19.0 Å². The summed E-state index contributed by atoms with van der Waals surface area (Å²) in [5, 5.41) is 0.745. The van der Waals surface area contributed by atoms with E-state index in [9.17, 15) is 9.59 Å². The van der Waals surface area contributed by atoms with Crippen LogP contribution in [0.25, 0.3) is 10.9 Å². The first-order valence-electron chi connectivity index (χ1n) is 14.2. The molecule has 2 aromatic carbocycles. The Bertz CT molecular complexity index is 1200. The van der Waals surface area contributed by atoms with Gasteiger partial charge in [-0.25, -0.2) is 0 Å². The number of rotatable bonds is 17. The standard InChI is InChI=1S/C32H43NO5/c1-4-6-8-10-11-15-21-33-29-23-27(37-24-26-17-13-12-14-18-26)19-20-28(29)30(36-22-16-9-7-5-2)31(32(33)35)38-25(3)34/h12-14,17-20,23H,4-11,15-16,21-22,24H2,1-3H3. The molecule has 0 unspecified atom stereocenters. The van der Waals surface area contributed by atoms with E-state index < -0.39 is 5.97 Å². The maximum absolute atomic E-state index is 13.7. The van der Waals surface area contributed by atoms with E-state index in [-0.39, 0.29) is 11.3 Å². The largest absolute Gasteiger partial charge is 0.489 e. The lowest BCUT2D eigenvalue weighted by Crippen LogP contribution is -2.25. The fourth-order valence-corrected chi connectivity index (χ4v) is 4.56. The molecule has 3 rings (SSSR count). The van der Waals surface area contributed by atoms with E-state index in [0.29, 0.717) is 31.3 Å². The number of hydrogen-bond donors (Lipinski definition) is 0. The third-order valence-corrected chi connectivity index (χ3v) is 6.62. The van der Waals surface area contributed by atoms with Crippen molar-refractivity contribution in [2.24, 2.45) is 0 Å². The molecule has 206 valence electrons. The Morgan fingerprint density at radius 1 is 0.789 bits per heavy atom. The van der Waals surface area contributed by atoms with Gasteiger partial charge in [0.15, 0.2) is 5.75 Å². The minimum atomic E-state index is -0.536. The van der Waals surface area contributed by atoms with Crippen LogP contribution in [0.2, 0.25) is 0 Å². The van der Waals surface area contributed by atoms with Crippen molar-refractivity contribution >= 4 is 16.9 Å². The van der Waals surface area contributed by atoms with Crippen LogP contribution in [0.3, 0.4) is 0 Å². The highest BCUT2D eigenvalue weighted by atomic mass is 16.6. The van der Waals surface area contributed by atoms with Gasteiger partial charge in [0.05, 0.1) is 12.1 Å². The molecule has 3 aromatic rings. The van der Waals surface area contributed by atoms with Gasteiger partial charge in [0.2, 0.25) is 5.75 Å². The zero-order chi connectivity index (χ0) is 27.2. The van der Waals surface area contributed by atoms with Gasteiger partial charge in [0.25, 0.3) is 5.56 Å². The Hall–Kier alpha value is -3.28. The molecule has 0 amide bonds. The maximum atomic E-state index is 13.7. The average Bonchev–Trinajstić information content (AvgIpc) is 2.92. The van der Waals surface area contributed by atoms with Gasteiger partial charge in [-0.05, 0) is 30.5 Å². The summed E-state index contributed by atoms with van der Waals surface area (Å²) >= 11 is 0. The van der Waals surface area contributed by atoms with Crippen LogP contribution in [0.15, 0.2) is 53.3 Å². The van der Waals surface area contributed by atoms with Gasteiger partial charge in [-0.15, -0.1) is 0 Å². The first-order chi connectivity index (χ1) is 18.5. The van der Waals surface area contributed by atoms with Crippen molar-refractivity contribution in [3.8, 4) is 17.2 Å². The summed E-state index contributed by atoms with van der Waals surface area (Å²) in [6.45, 7) is 7.10. The Kier molecular flexibility index (Phi) is 12.2. The second-order valence-electron chi connectivity index (χ2n) is 9.84. The molecule has 0 aliphatic carbocycles. The van der Waals surface area contributed by atoms with Crippen LogP contribution < -0.4 is 19.8 Å². The van der Waals surface area contributed by atoms with Crippen LogP contribution in [0.1, 0.15) is 90.5 Å². The molecule has 0 aliphatic heterocycles. The molecular formula is C32H43NO5. The number of unbranched alkanes of at least 4 members (excludes halogenated alkanes) is 8. The molecule has 0 fully saturated rings. The lowest BCUT2D eigenvalue weighted by molar-refractivity contribution is -0.132. The molecule has 6 heteroatoms. The fraction of sp³-hybridized carbons (Fsp3) is 0.500. The van der Waals surface area contributed by atoms with E-state index in [1.165, 1.54) is 26.2 Å². The number of aromatic nitrogens is 1. The molecule has 38 heavy (non-hydrogen) atoms. The highest BCUT2D eigenvalue weighted by Gasteiger charge is 2.22. The Morgan fingerprint density at radius 2 is 1.47 bits per heavy atom. The van der Waals surface area contributed by atoms with Crippen molar-refractivity contribution in [1.82, 2.24) is 4.57 Å². The number of esters is 1. The van der Waals surface area contributed by atoms with Crippen molar-refractivity contribution in [2.75, 3.05) is 6.61 Å². The number of hydrogen-bond acceptors (Lipinski definition) is 5. The van der Waals surface area contributed by atoms with Crippen LogP contribution >= 0.6 is 0 Å². The van der Waals surface area contributed by atoms with E-state index in [4.69, 9.17) is 14.2 Å². The van der Waals surface area contributed by atoms with Crippen LogP contribution in [0, 0.1) is 0 Å². The highest BCUT2D eigenvalue weighted by Crippen LogP contribution is 2.35. The summed E-state index contributed by atoms with van der Waals surface area (Å²) in [6, 6.07) is 15.7. The number of carbonyl (C=O) groups excluding carboxylic acids is 1. The normalized spacial score (nSPS) is 11.0. The van der Waals surface area contributed by atoms with Gasteiger partial charge in [-0.3, -0.25) is 9.59 Å². The summed E-state index contributed by atoms with van der Waals surface area (Å²) in [7, 11) is 0. The van der Waals surface area contributed by atoms with Crippen LogP contribution in [0.4, 0.5) is 0 Å². The Balaban J connectivity index is 1.96.